The van der Waals surface area contributed by atoms with Gasteiger partial charge >= 0.3 is 0 Å². The van der Waals surface area contributed by atoms with E-state index in [0.29, 0.717) is 31.2 Å². The second-order valence-electron chi connectivity index (χ2n) is 7.96. The molecule has 0 saturated heterocycles. The maximum atomic E-state index is 13.5. The molecule has 134 valence electrons. The van der Waals surface area contributed by atoms with Gasteiger partial charge in [0.15, 0.2) is 5.78 Å². The molecule has 2 aromatic rings. The number of carbonyl (C=O) groups is 2. The third kappa shape index (κ3) is 2.38. The van der Waals surface area contributed by atoms with E-state index in [1.165, 1.54) is 0 Å². The highest BCUT2D eigenvalue weighted by Crippen LogP contribution is 2.61. The third-order valence-electron chi connectivity index (χ3n) is 6.65. The molecule has 2 aliphatic carbocycles. The lowest BCUT2D eigenvalue weighted by Gasteiger charge is -2.44. The van der Waals surface area contributed by atoms with Gasteiger partial charge in [-0.1, -0.05) is 60.7 Å². The molecule has 2 aromatic carbocycles. The van der Waals surface area contributed by atoms with Crippen LogP contribution in [0.3, 0.4) is 0 Å². The van der Waals surface area contributed by atoms with Gasteiger partial charge in [-0.25, -0.2) is 0 Å². The summed E-state index contributed by atoms with van der Waals surface area (Å²) in [6.07, 6.45) is 2.16. The number of rotatable bonds is 3. The molecule has 0 amide bonds. The lowest BCUT2D eigenvalue weighted by Crippen LogP contribution is -2.55. The Morgan fingerprint density at radius 3 is 2.31 bits per heavy atom. The topological polar surface area (TPSA) is 54.4 Å². The number of ketones is 2. The van der Waals surface area contributed by atoms with Crippen LogP contribution in [-0.2, 0) is 4.79 Å². The van der Waals surface area contributed by atoms with Gasteiger partial charge in [-0.3, -0.25) is 9.59 Å². The Morgan fingerprint density at radius 1 is 1.04 bits per heavy atom. The Labute approximate surface area is 154 Å². The van der Waals surface area contributed by atoms with Gasteiger partial charge < -0.3 is 5.11 Å². The summed E-state index contributed by atoms with van der Waals surface area (Å²) in [4.78, 5) is 26.3. The highest BCUT2D eigenvalue weighted by molar-refractivity contribution is 6.01. The first-order chi connectivity index (χ1) is 12.5. The van der Waals surface area contributed by atoms with Crippen LogP contribution in [0.5, 0.6) is 0 Å². The summed E-state index contributed by atoms with van der Waals surface area (Å²) in [6, 6.07) is 19.0. The van der Waals surface area contributed by atoms with Crippen LogP contribution in [-0.4, -0.2) is 22.3 Å². The molecule has 0 bridgehead atoms. The van der Waals surface area contributed by atoms with Crippen LogP contribution in [0.15, 0.2) is 60.7 Å². The third-order valence-corrected chi connectivity index (χ3v) is 6.65. The van der Waals surface area contributed by atoms with Crippen molar-refractivity contribution in [1.82, 2.24) is 0 Å². The smallest absolute Gasteiger partial charge is 0.169 e. The summed E-state index contributed by atoms with van der Waals surface area (Å²) in [5, 5.41) is 11.7. The highest BCUT2D eigenvalue weighted by atomic mass is 16.3. The van der Waals surface area contributed by atoms with Crippen molar-refractivity contribution in [3.8, 4) is 0 Å². The minimum absolute atomic E-state index is 0.0552. The molecule has 4 atom stereocenters. The zero-order valence-electron chi connectivity index (χ0n) is 15.0. The van der Waals surface area contributed by atoms with Gasteiger partial charge in [-0.05, 0) is 37.7 Å². The Kier molecular flexibility index (Phi) is 4.07. The fourth-order valence-corrected chi connectivity index (χ4v) is 5.18. The van der Waals surface area contributed by atoms with E-state index in [1.54, 1.807) is 12.1 Å². The van der Waals surface area contributed by atoms with E-state index in [4.69, 9.17) is 0 Å². The number of hydrogen-bond donors (Lipinski definition) is 1. The number of benzene rings is 2. The minimum Gasteiger partial charge on any atom is -0.388 e. The lowest BCUT2D eigenvalue weighted by molar-refractivity contribution is -0.152. The first-order valence-corrected chi connectivity index (χ1v) is 9.37. The minimum atomic E-state index is -1.28. The van der Waals surface area contributed by atoms with Gasteiger partial charge in [-0.15, -0.1) is 0 Å². The number of aliphatic hydroxyl groups is 1. The molecule has 2 aliphatic rings. The van der Waals surface area contributed by atoms with E-state index in [0.717, 1.165) is 5.56 Å². The molecule has 0 aliphatic heterocycles. The summed E-state index contributed by atoms with van der Waals surface area (Å²) >= 11 is 0. The molecule has 26 heavy (non-hydrogen) atoms. The van der Waals surface area contributed by atoms with E-state index >= 15 is 0 Å². The first kappa shape index (κ1) is 17.2. The van der Waals surface area contributed by atoms with Crippen molar-refractivity contribution in [3.63, 3.8) is 0 Å². The molecular weight excluding hydrogens is 324 g/mol. The van der Waals surface area contributed by atoms with Crippen molar-refractivity contribution in [2.75, 3.05) is 0 Å². The van der Waals surface area contributed by atoms with Gasteiger partial charge in [0.05, 0.1) is 16.9 Å². The number of Topliss-reactive ketones (excluding diaryl/α,β-unsaturated/α-hetero) is 2. The number of hydrogen-bond acceptors (Lipinski definition) is 3. The van der Waals surface area contributed by atoms with Crippen molar-refractivity contribution >= 4 is 11.6 Å². The quantitative estimate of drug-likeness (QED) is 0.847. The van der Waals surface area contributed by atoms with E-state index < -0.39 is 16.9 Å². The molecule has 3 nitrogen and oxygen atoms in total. The summed E-state index contributed by atoms with van der Waals surface area (Å²) in [5.74, 6) is -0.710. The predicted octanol–water partition coefficient (Wildman–Crippen LogP) is 4.16. The van der Waals surface area contributed by atoms with Crippen molar-refractivity contribution in [2.24, 2.45) is 11.3 Å². The molecule has 0 heterocycles. The number of fused-ring (bicyclic) bond motifs is 1. The molecule has 2 saturated carbocycles. The summed E-state index contributed by atoms with van der Waals surface area (Å²) in [7, 11) is 0. The fourth-order valence-electron chi connectivity index (χ4n) is 5.18. The van der Waals surface area contributed by atoms with Crippen LogP contribution in [0.25, 0.3) is 0 Å². The molecular formula is C23H24O3. The normalized spacial score (nSPS) is 33.7. The van der Waals surface area contributed by atoms with Crippen LogP contribution < -0.4 is 0 Å². The van der Waals surface area contributed by atoms with Crippen molar-refractivity contribution < 1.29 is 14.7 Å². The lowest BCUT2D eigenvalue weighted by atomic mass is 9.62. The van der Waals surface area contributed by atoms with E-state index in [2.05, 4.69) is 0 Å². The van der Waals surface area contributed by atoms with Gasteiger partial charge in [0, 0.05) is 12.0 Å². The highest BCUT2D eigenvalue weighted by Gasteiger charge is 2.67. The second-order valence-corrected chi connectivity index (χ2v) is 7.96. The van der Waals surface area contributed by atoms with Gasteiger partial charge in [-0.2, -0.15) is 0 Å². The van der Waals surface area contributed by atoms with E-state index in [-0.39, 0.29) is 17.5 Å². The SMILES string of the molecule is C[C@@]12C[C@H](c3ccccc3)[C@@H](C(=O)c3ccccc3)[C@]1(O)CCCC2=O. The van der Waals surface area contributed by atoms with Crippen LogP contribution in [0.2, 0.25) is 0 Å². The van der Waals surface area contributed by atoms with E-state index in [9.17, 15) is 14.7 Å². The number of carbonyl (C=O) groups excluding carboxylic acids is 2. The van der Waals surface area contributed by atoms with Gasteiger partial charge in [0.2, 0.25) is 0 Å². The second kappa shape index (κ2) is 6.17. The summed E-state index contributed by atoms with van der Waals surface area (Å²) in [5.41, 5.74) is -0.510. The zero-order valence-corrected chi connectivity index (χ0v) is 15.0. The predicted molar refractivity (Wildman–Crippen MR) is 100.0 cm³/mol. The van der Waals surface area contributed by atoms with Crippen LogP contribution in [0, 0.1) is 11.3 Å². The Hall–Kier alpha value is -2.26. The van der Waals surface area contributed by atoms with Crippen LogP contribution >= 0.6 is 0 Å². The molecule has 4 rings (SSSR count). The maximum Gasteiger partial charge on any atom is 0.169 e. The van der Waals surface area contributed by atoms with Crippen molar-refractivity contribution in [3.05, 3.63) is 71.8 Å². The molecule has 0 aromatic heterocycles. The Morgan fingerprint density at radius 2 is 1.65 bits per heavy atom. The first-order valence-electron chi connectivity index (χ1n) is 9.37. The average Bonchev–Trinajstić information content (AvgIpc) is 2.92. The molecule has 0 radical (unpaired) electrons. The molecule has 0 spiro atoms. The Bertz CT molecular complexity index is 829. The van der Waals surface area contributed by atoms with E-state index in [1.807, 2.05) is 55.5 Å². The Balaban J connectivity index is 1.85. The van der Waals surface area contributed by atoms with Crippen molar-refractivity contribution in [2.45, 2.75) is 44.1 Å². The molecule has 3 heteroatoms. The van der Waals surface area contributed by atoms with Crippen LogP contribution in [0.1, 0.15) is 54.4 Å². The fraction of sp³-hybridized carbons (Fsp3) is 0.391. The zero-order chi connectivity index (χ0) is 18.4. The van der Waals surface area contributed by atoms with Crippen LogP contribution in [0.4, 0.5) is 0 Å². The maximum absolute atomic E-state index is 13.5. The van der Waals surface area contributed by atoms with Crippen molar-refractivity contribution in [1.29, 1.82) is 0 Å². The molecule has 0 unspecified atom stereocenters. The summed E-state index contributed by atoms with van der Waals surface area (Å²) in [6.45, 7) is 1.86. The van der Waals surface area contributed by atoms with Gasteiger partial charge in [0.25, 0.3) is 0 Å². The molecule has 2 fully saturated rings. The van der Waals surface area contributed by atoms with Gasteiger partial charge in [0.1, 0.15) is 5.78 Å². The average molecular weight is 348 g/mol. The monoisotopic (exact) mass is 348 g/mol. The summed E-state index contributed by atoms with van der Waals surface area (Å²) < 4.78 is 0. The standard InChI is InChI=1S/C23H24O3/c1-22-15-18(16-9-4-2-5-10-16)20(21(25)17-11-6-3-7-12-17)23(22,26)14-8-13-19(22)24/h2-7,9-12,18,20,26H,8,13-15H2,1H3/t18-,20+,22+,23-/m1/s1. The molecule has 1 N–H and O–H groups in total. The largest absolute Gasteiger partial charge is 0.388 e.